The SMILES string of the molecule is CC(=O)Nc1ccc(NC(=O)c2cccc(S(=O)(=O)NCC3CCCO3)c2)cc1. The first-order valence-corrected chi connectivity index (χ1v) is 10.7. The lowest BCUT2D eigenvalue weighted by Gasteiger charge is -2.12. The van der Waals surface area contributed by atoms with Crippen molar-refractivity contribution in [1.29, 1.82) is 0 Å². The fourth-order valence-electron chi connectivity index (χ4n) is 2.94. The van der Waals surface area contributed by atoms with Crippen LogP contribution in [-0.4, -0.2) is 39.5 Å². The summed E-state index contributed by atoms with van der Waals surface area (Å²) in [5.41, 5.74) is 1.35. The largest absolute Gasteiger partial charge is 0.377 e. The van der Waals surface area contributed by atoms with E-state index in [1.54, 1.807) is 30.3 Å². The van der Waals surface area contributed by atoms with E-state index in [0.717, 1.165) is 12.8 Å². The number of hydrogen-bond acceptors (Lipinski definition) is 5. The van der Waals surface area contributed by atoms with Crippen LogP contribution in [0.25, 0.3) is 0 Å². The molecule has 0 aliphatic carbocycles. The number of nitrogens with one attached hydrogen (secondary N) is 3. The molecule has 0 radical (unpaired) electrons. The molecule has 0 saturated carbocycles. The molecule has 1 aliphatic rings. The van der Waals surface area contributed by atoms with Crippen LogP contribution in [0.15, 0.2) is 53.4 Å². The van der Waals surface area contributed by atoms with E-state index >= 15 is 0 Å². The molecule has 0 bridgehead atoms. The summed E-state index contributed by atoms with van der Waals surface area (Å²) in [5, 5.41) is 5.35. The molecule has 0 spiro atoms. The van der Waals surface area contributed by atoms with Crippen molar-refractivity contribution in [2.75, 3.05) is 23.8 Å². The van der Waals surface area contributed by atoms with Gasteiger partial charge in [0.2, 0.25) is 15.9 Å². The molecule has 0 aromatic heterocycles. The Kier molecular flexibility index (Phi) is 6.63. The molecule has 2 amide bonds. The number of rotatable bonds is 7. The molecular formula is C20H23N3O5S. The van der Waals surface area contributed by atoms with Crippen LogP contribution >= 0.6 is 0 Å². The summed E-state index contributed by atoms with van der Waals surface area (Å²) in [6.07, 6.45) is 1.64. The monoisotopic (exact) mass is 417 g/mol. The van der Waals surface area contributed by atoms with Crippen LogP contribution in [0.5, 0.6) is 0 Å². The smallest absolute Gasteiger partial charge is 0.255 e. The normalized spacial score (nSPS) is 16.4. The zero-order chi connectivity index (χ0) is 20.9. The van der Waals surface area contributed by atoms with Gasteiger partial charge in [0, 0.05) is 37.0 Å². The highest BCUT2D eigenvalue weighted by molar-refractivity contribution is 7.89. The minimum atomic E-state index is -3.74. The maximum atomic E-state index is 12.5. The van der Waals surface area contributed by atoms with Crippen molar-refractivity contribution in [2.45, 2.75) is 30.8 Å². The van der Waals surface area contributed by atoms with Gasteiger partial charge in [0.05, 0.1) is 11.0 Å². The summed E-state index contributed by atoms with van der Waals surface area (Å²) >= 11 is 0. The highest BCUT2D eigenvalue weighted by atomic mass is 32.2. The van der Waals surface area contributed by atoms with Gasteiger partial charge in [0.1, 0.15) is 0 Å². The summed E-state index contributed by atoms with van der Waals surface area (Å²) in [6, 6.07) is 12.4. The van der Waals surface area contributed by atoms with Crippen LogP contribution in [-0.2, 0) is 19.6 Å². The molecule has 1 unspecified atom stereocenters. The van der Waals surface area contributed by atoms with Crippen LogP contribution in [0.2, 0.25) is 0 Å². The number of anilines is 2. The third-order valence-corrected chi connectivity index (χ3v) is 5.82. The fraction of sp³-hybridized carbons (Fsp3) is 0.300. The van der Waals surface area contributed by atoms with Crippen LogP contribution in [0, 0.1) is 0 Å². The molecule has 3 N–H and O–H groups in total. The highest BCUT2D eigenvalue weighted by Crippen LogP contribution is 2.17. The van der Waals surface area contributed by atoms with Gasteiger partial charge < -0.3 is 15.4 Å². The topological polar surface area (TPSA) is 114 Å². The van der Waals surface area contributed by atoms with Crippen LogP contribution < -0.4 is 15.4 Å². The minimum absolute atomic E-state index is 0.0177. The lowest BCUT2D eigenvalue weighted by molar-refractivity contribution is -0.114. The Bertz CT molecular complexity index is 983. The van der Waals surface area contributed by atoms with E-state index in [-0.39, 0.29) is 29.0 Å². The fourth-order valence-corrected chi connectivity index (χ4v) is 4.05. The molecule has 9 heteroatoms. The summed E-state index contributed by atoms with van der Waals surface area (Å²) < 4.78 is 33.0. The minimum Gasteiger partial charge on any atom is -0.377 e. The molecule has 29 heavy (non-hydrogen) atoms. The van der Waals surface area contributed by atoms with Crippen molar-refractivity contribution in [3.05, 3.63) is 54.1 Å². The number of carbonyl (C=O) groups excluding carboxylic acids is 2. The van der Waals surface area contributed by atoms with E-state index in [1.165, 1.54) is 25.1 Å². The summed E-state index contributed by atoms with van der Waals surface area (Å²) in [4.78, 5) is 23.6. The predicted molar refractivity (Wildman–Crippen MR) is 109 cm³/mol. The van der Waals surface area contributed by atoms with Gasteiger partial charge in [-0.1, -0.05) is 6.07 Å². The van der Waals surface area contributed by atoms with Gasteiger partial charge in [-0.2, -0.15) is 0 Å². The molecule has 3 rings (SSSR count). The third kappa shape index (κ3) is 5.86. The molecule has 1 heterocycles. The molecule has 2 aromatic carbocycles. The van der Waals surface area contributed by atoms with Gasteiger partial charge in [-0.15, -0.1) is 0 Å². The second kappa shape index (κ2) is 9.17. The standard InChI is InChI=1S/C20H23N3O5S/c1-14(24)22-16-7-9-17(10-8-16)23-20(25)15-4-2-6-19(12-15)29(26,27)21-13-18-5-3-11-28-18/h2,4,6-10,12,18,21H,3,5,11,13H2,1H3,(H,22,24)(H,23,25). The molecule has 154 valence electrons. The van der Waals surface area contributed by atoms with Gasteiger partial charge in [-0.25, -0.2) is 13.1 Å². The molecule has 1 fully saturated rings. The molecular weight excluding hydrogens is 394 g/mol. The maximum Gasteiger partial charge on any atom is 0.255 e. The molecule has 2 aromatic rings. The zero-order valence-electron chi connectivity index (χ0n) is 16.0. The Morgan fingerprint density at radius 2 is 1.76 bits per heavy atom. The number of amides is 2. The van der Waals surface area contributed by atoms with Gasteiger partial charge in [-0.05, 0) is 55.3 Å². The molecule has 8 nitrogen and oxygen atoms in total. The van der Waals surface area contributed by atoms with E-state index in [0.29, 0.717) is 18.0 Å². The number of ether oxygens (including phenoxy) is 1. The zero-order valence-corrected chi connectivity index (χ0v) is 16.8. The average Bonchev–Trinajstić information content (AvgIpc) is 3.21. The first-order valence-electron chi connectivity index (χ1n) is 9.24. The second-order valence-corrected chi connectivity index (χ2v) is 8.49. The lowest BCUT2D eigenvalue weighted by atomic mass is 10.2. The van der Waals surface area contributed by atoms with Crippen LogP contribution in [0.3, 0.4) is 0 Å². The Hall–Kier alpha value is -2.75. The van der Waals surface area contributed by atoms with Gasteiger partial charge in [-0.3, -0.25) is 9.59 Å². The Labute approximate surface area is 169 Å². The Morgan fingerprint density at radius 3 is 2.38 bits per heavy atom. The Balaban J connectivity index is 1.66. The first-order chi connectivity index (χ1) is 13.8. The van der Waals surface area contributed by atoms with Gasteiger partial charge in [0.25, 0.3) is 5.91 Å². The highest BCUT2D eigenvalue weighted by Gasteiger charge is 2.21. The molecule has 1 atom stereocenters. The van der Waals surface area contributed by atoms with Crippen molar-refractivity contribution in [1.82, 2.24) is 4.72 Å². The number of carbonyl (C=O) groups is 2. The van der Waals surface area contributed by atoms with Crippen molar-refractivity contribution in [3.8, 4) is 0 Å². The number of hydrogen-bond donors (Lipinski definition) is 3. The quantitative estimate of drug-likeness (QED) is 0.640. The summed E-state index contributed by atoms with van der Waals surface area (Å²) in [5.74, 6) is -0.624. The average molecular weight is 417 g/mol. The number of benzene rings is 2. The van der Waals surface area contributed by atoms with Crippen molar-refractivity contribution in [2.24, 2.45) is 0 Å². The van der Waals surface area contributed by atoms with Crippen LogP contribution in [0.1, 0.15) is 30.1 Å². The van der Waals surface area contributed by atoms with E-state index in [4.69, 9.17) is 4.74 Å². The first kappa shape index (κ1) is 21.0. The van der Waals surface area contributed by atoms with E-state index in [1.807, 2.05) is 0 Å². The lowest BCUT2D eigenvalue weighted by Crippen LogP contribution is -2.32. The second-order valence-electron chi connectivity index (χ2n) is 6.73. The predicted octanol–water partition coefficient (Wildman–Crippen LogP) is 2.35. The van der Waals surface area contributed by atoms with E-state index in [9.17, 15) is 18.0 Å². The summed E-state index contributed by atoms with van der Waals surface area (Å²) in [6.45, 7) is 2.26. The van der Waals surface area contributed by atoms with Crippen molar-refractivity contribution >= 4 is 33.2 Å². The van der Waals surface area contributed by atoms with E-state index in [2.05, 4.69) is 15.4 Å². The Morgan fingerprint density at radius 1 is 1.07 bits per heavy atom. The molecule has 1 saturated heterocycles. The van der Waals surface area contributed by atoms with E-state index < -0.39 is 15.9 Å². The van der Waals surface area contributed by atoms with Gasteiger partial charge >= 0.3 is 0 Å². The van der Waals surface area contributed by atoms with Crippen molar-refractivity contribution in [3.63, 3.8) is 0 Å². The molecule has 1 aliphatic heterocycles. The summed E-state index contributed by atoms with van der Waals surface area (Å²) in [7, 11) is -3.74. The van der Waals surface area contributed by atoms with Gasteiger partial charge in [0.15, 0.2) is 0 Å². The number of sulfonamides is 1. The maximum absolute atomic E-state index is 12.5. The third-order valence-electron chi connectivity index (χ3n) is 4.39. The van der Waals surface area contributed by atoms with Crippen molar-refractivity contribution < 1.29 is 22.7 Å². The van der Waals surface area contributed by atoms with Crippen LogP contribution in [0.4, 0.5) is 11.4 Å².